The lowest BCUT2D eigenvalue weighted by atomic mass is 10.0. The van der Waals surface area contributed by atoms with E-state index in [1.54, 1.807) is 33.3 Å². The second-order valence-corrected chi connectivity index (χ2v) is 12.5. The topological polar surface area (TPSA) is 125 Å². The first-order valence-corrected chi connectivity index (χ1v) is 15.4. The Bertz CT molecular complexity index is 1540. The average Bonchev–Trinajstić information content (AvgIpc) is 3.59. The van der Waals surface area contributed by atoms with E-state index in [0.29, 0.717) is 52.4 Å². The number of ketones is 3. The van der Waals surface area contributed by atoms with Gasteiger partial charge < -0.3 is 24.1 Å². The maximum absolute atomic E-state index is 12.7. The van der Waals surface area contributed by atoms with Crippen molar-refractivity contribution in [3.63, 3.8) is 0 Å². The number of hydrogen-bond donors (Lipinski definition) is 1. The molecule has 2 aromatic carbocycles. The molecule has 4 aromatic rings. The van der Waals surface area contributed by atoms with Crippen LogP contribution in [0.15, 0.2) is 36.4 Å². The van der Waals surface area contributed by atoms with Crippen LogP contribution < -0.4 is 18.9 Å². The summed E-state index contributed by atoms with van der Waals surface area (Å²) in [5.41, 5.74) is 0. The van der Waals surface area contributed by atoms with Crippen LogP contribution in [-0.4, -0.2) is 55.9 Å². The Labute approximate surface area is 257 Å². The summed E-state index contributed by atoms with van der Waals surface area (Å²) >= 11 is 2.66. The molecular weight excluding hydrogens is 592 g/mol. The highest BCUT2D eigenvalue weighted by Gasteiger charge is 2.21. The van der Waals surface area contributed by atoms with E-state index in [-0.39, 0.29) is 36.1 Å². The minimum absolute atomic E-state index is 0.00778. The number of rotatable bonds is 16. The van der Waals surface area contributed by atoms with Gasteiger partial charge in [0.05, 0.1) is 43.1 Å². The van der Waals surface area contributed by atoms with E-state index >= 15 is 0 Å². The van der Waals surface area contributed by atoms with Crippen molar-refractivity contribution in [3.8, 4) is 23.0 Å². The summed E-state index contributed by atoms with van der Waals surface area (Å²) in [6, 6.07) is 10.9. The summed E-state index contributed by atoms with van der Waals surface area (Å²) in [4.78, 5) is 49.0. The number of carbonyl (C=O) groups excluding carboxylic acids is 3. The van der Waals surface area contributed by atoms with Gasteiger partial charge in [0.25, 0.3) is 0 Å². The van der Waals surface area contributed by atoms with Crippen molar-refractivity contribution in [2.24, 2.45) is 11.8 Å². The van der Waals surface area contributed by atoms with Crippen LogP contribution in [0.3, 0.4) is 0 Å². The molecule has 2 heterocycles. The van der Waals surface area contributed by atoms with E-state index in [4.69, 9.17) is 24.1 Å². The number of ether oxygens (including phenoxy) is 4. The Morgan fingerprint density at radius 3 is 1.53 bits per heavy atom. The number of fused-ring (bicyclic) bond motifs is 2. The van der Waals surface area contributed by atoms with Gasteiger partial charge in [-0.2, -0.15) is 0 Å². The predicted octanol–water partition coefficient (Wildman–Crippen LogP) is 7.07. The maximum Gasteiger partial charge on any atom is 0.306 e. The van der Waals surface area contributed by atoms with Gasteiger partial charge in [0.15, 0.2) is 34.6 Å². The molecule has 0 spiro atoms. The smallest absolute Gasteiger partial charge is 0.306 e. The summed E-state index contributed by atoms with van der Waals surface area (Å²) in [6.45, 7) is 5.45. The second kappa shape index (κ2) is 14.0. The average molecular weight is 627 g/mol. The van der Waals surface area contributed by atoms with Crippen molar-refractivity contribution < 1.29 is 43.2 Å². The van der Waals surface area contributed by atoms with Crippen LogP contribution in [-0.2, 0) is 9.59 Å². The van der Waals surface area contributed by atoms with Crippen LogP contribution in [0.4, 0.5) is 0 Å². The molecule has 43 heavy (non-hydrogen) atoms. The van der Waals surface area contributed by atoms with Gasteiger partial charge in [-0.1, -0.05) is 13.8 Å². The molecule has 0 saturated heterocycles. The van der Waals surface area contributed by atoms with Gasteiger partial charge in [-0.3, -0.25) is 19.2 Å². The molecule has 1 N–H and O–H groups in total. The molecule has 0 aliphatic carbocycles. The number of carboxylic acid groups (broad SMARTS) is 1. The third kappa shape index (κ3) is 7.71. The summed E-state index contributed by atoms with van der Waals surface area (Å²) in [7, 11) is 3.10. The number of Topliss-reactive ketones (excluding diaryl/α,β-unsaturated/α-hetero) is 3. The first kappa shape index (κ1) is 32.0. The highest BCUT2D eigenvalue weighted by molar-refractivity contribution is 7.21. The van der Waals surface area contributed by atoms with Gasteiger partial charge in [0.2, 0.25) is 0 Å². The molecule has 0 aliphatic rings. The van der Waals surface area contributed by atoms with Crippen molar-refractivity contribution in [1.82, 2.24) is 0 Å². The molecule has 0 amide bonds. The Kier molecular flexibility index (Phi) is 10.4. The van der Waals surface area contributed by atoms with Gasteiger partial charge in [0.1, 0.15) is 5.78 Å². The SMILES string of the molecule is COc1cc2cc(C(=O)C[C@H](C)C(C)=O)sc2cc1OCCCOc1cc2sc(C(=O)C[C@H](C)C(=O)O)cc2cc1OC. The van der Waals surface area contributed by atoms with Crippen LogP contribution in [0.5, 0.6) is 23.0 Å². The maximum atomic E-state index is 12.7. The molecule has 11 heteroatoms. The number of carboxylic acids is 1. The van der Waals surface area contributed by atoms with Crippen LogP contribution in [0.2, 0.25) is 0 Å². The Balaban J connectivity index is 1.38. The lowest BCUT2D eigenvalue weighted by Gasteiger charge is -2.13. The highest BCUT2D eigenvalue weighted by Crippen LogP contribution is 2.39. The first-order valence-electron chi connectivity index (χ1n) is 13.8. The van der Waals surface area contributed by atoms with Gasteiger partial charge in [-0.05, 0) is 42.0 Å². The fraction of sp³-hybridized carbons (Fsp3) is 0.375. The van der Waals surface area contributed by atoms with E-state index < -0.39 is 11.9 Å². The predicted molar refractivity (Wildman–Crippen MR) is 167 cm³/mol. The minimum atomic E-state index is -1.00. The quantitative estimate of drug-likeness (QED) is 0.103. The third-order valence-corrected chi connectivity index (χ3v) is 9.34. The summed E-state index contributed by atoms with van der Waals surface area (Å²) < 4.78 is 24.7. The lowest BCUT2D eigenvalue weighted by Crippen LogP contribution is -2.13. The van der Waals surface area contributed by atoms with Crippen LogP contribution in [0.25, 0.3) is 20.2 Å². The number of methoxy groups -OCH3 is 2. The number of hydrogen-bond acceptors (Lipinski definition) is 10. The van der Waals surface area contributed by atoms with Crippen molar-refractivity contribution >= 4 is 66.2 Å². The second-order valence-electron chi connectivity index (χ2n) is 10.4. The number of thiophene rings is 2. The monoisotopic (exact) mass is 626 g/mol. The molecule has 0 aliphatic heterocycles. The molecule has 0 radical (unpaired) electrons. The van der Waals surface area contributed by atoms with Gasteiger partial charge in [-0.15, -0.1) is 22.7 Å². The molecule has 0 unspecified atom stereocenters. The van der Waals surface area contributed by atoms with E-state index in [1.807, 2.05) is 24.3 Å². The lowest BCUT2D eigenvalue weighted by molar-refractivity contribution is -0.141. The summed E-state index contributed by atoms with van der Waals surface area (Å²) in [5.74, 6) is -0.191. The van der Waals surface area contributed by atoms with Crippen LogP contribution >= 0.6 is 22.7 Å². The van der Waals surface area contributed by atoms with Crippen molar-refractivity contribution in [3.05, 3.63) is 46.2 Å². The fourth-order valence-corrected chi connectivity index (χ4v) is 6.37. The molecule has 2 aromatic heterocycles. The zero-order valence-corrected chi connectivity index (χ0v) is 26.3. The Morgan fingerprint density at radius 2 is 1.14 bits per heavy atom. The molecular formula is C32H34O9S2. The van der Waals surface area contributed by atoms with E-state index in [9.17, 15) is 19.2 Å². The van der Waals surface area contributed by atoms with Crippen molar-refractivity contribution in [2.75, 3.05) is 27.4 Å². The first-order chi connectivity index (χ1) is 20.5. The molecule has 2 atom stereocenters. The highest BCUT2D eigenvalue weighted by atomic mass is 32.1. The Morgan fingerprint density at radius 1 is 0.698 bits per heavy atom. The fourth-order valence-electron chi connectivity index (χ4n) is 4.33. The number of aliphatic carboxylic acids is 1. The molecule has 0 bridgehead atoms. The number of carbonyl (C=O) groups is 4. The molecule has 4 rings (SSSR count). The van der Waals surface area contributed by atoms with Crippen LogP contribution in [0, 0.1) is 11.8 Å². The van der Waals surface area contributed by atoms with Crippen molar-refractivity contribution in [1.29, 1.82) is 0 Å². The third-order valence-electron chi connectivity index (χ3n) is 7.06. The normalized spacial score (nSPS) is 12.6. The van der Waals surface area contributed by atoms with Crippen molar-refractivity contribution in [2.45, 2.75) is 40.0 Å². The van der Waals surface area contributed by atoms with E-state index in [2.05, 4.69) is 0 Å². The van der Waals surface area contributed by atoms with Gasteiger partial charge >= 0.3 is 5.97 Å². The molecule has 228 valence electrons. The molecule has 0 saturated carbocycles. The largest absolute Gasteiger partial charge is 0.493 e. The summed E-state index contributed by atoms with van der Waals surface area (Å²) in [6.07, 6.45) is 0.672. The number of benzene rings is 2. The standard InChI is InChI=1S/C32H34O9S2/c1-17(19(3)33)9-22(34)30-13-20-11-24(38-4)26(15-28(20)42-30)40-7-6-8-41-27-16-29-21(12-25(27)39-5)14-31(43-29)23(35)10-18(2)32(36)37/h11-18H,6-10H2,1-5H3,(H,36,37)/t17-,18-/m0/s1. The minimum Gasteiger partial charge on any atom is -0.493 e. The van der Waals surface area contributed by atoms with Crippen LogP contribution in [0.1, 0.15) is 59.4 Å². The van der Waals surface area contributed by atoms with E-state index in [1.165, 1.54) is 36.5 Å². The Hall–Kier alpha value is -3.96. The van der Waals surface area contributed by atoms with E-state index in [0.717, 1.165) is 20.2 Å². The van der Waals surface area contributed by atoms with Gasteiger partial charge in [-0.25, -0.2) is 0 Å². The van der Waals surface area contributed by atoms with Gasteiger partial charge in [0, 0.05) is 46.7 Å². The molecule has 9 nitrogen and oxygen atoms in total. The zero-order chi connectivity index (χ0) is 31.3. The zero-order valence-electron chi connectivity index (χ0n) is 24.7. The summed E-state index contributed by atoms with van der Waals surface area (Å²) in [5, 5.41) is 10.8. The molecule has 0 fully saturated rings.